The summed E-state index contributed by atoms with van der Waals surface area (Å²) in [4.78, 5) is 26.7. The van der Waals surface area contributed by atoms with Crippen LogP contribution in [-0.4, -0.2) is 44.6 Å². The van der Waals surface area contributed by atoms with Crippen LogP contribution in [0.25, 0.3) is 0 Å². The van der Waals surface area contributed by atoms with Crippen LogP contribution in [-0.2, 0) is 22.7 Å². The van der Waals surface area contributed by atoms with Gasteiger partial charge in [-0.05, 0) is 23.8 Å². The molecule has 1 heterocycles. The predicted octanol–water partition coefficient (Wildman–Crippen LogP) is 2.38. The second-order valence-electron chi connectivity index (χ2n) is 6.89. The molecule has 0 bridgehead atoms. The van der Waals surface area contributed by atoms with E-state index in [2.05, 4.69) is 5.32 Å². The molecule has 2 amide bonds. The summed E-state index contributed by atoms with van der Waals surface area (Å²) in [7, 11) is 4.75. The van der Waals surface area contributed by atoms with Crippen LogP contribution in [0.5, 0.6) is 17.2 Å². The highest BCUT2D eigenvalue weighted by atomic mass is 16.5. The third-order valence-electron chi connectivity index (χ3n) is 5.05. The summed E-state index contributed by atoms with van der Waals surface area (Å²) < 4.78 is 15.9. The van der Waals surface area contributed by atoms with Crippen molar-refractivity contribution in [3.05, 3.63) is 53.6 Å². The van der Waals surface area contributed by atoms with Crippen molar-refractivity contribution >= 4 is 11.8 Å². The highest BCUT2D eigenvalue weighted by molar-refractivity contribution is 5.89. The first-order chi connectivity index (χ1) is 14.0. The molecule has 154 valence electrons. The van der Waals surface area contributed by atoms with Crippen molar-refractivity contribution in [3.63, 3.8) is 0 Å². The van der Waals surface area contributed by atoms with Crippen molar-refractivity contribution in [1.29, 1.82) is 0 Å². The Labute approximate surface area is 170 Å². The minimum absolute atomic E-state index is 0.0303. The summed E-state index contributed by atoms with van der Waals surface area (Å²) in [6.45, 7) is 1.18. The third-order valence-corrected chi connectivity index (χ3v) is 5.05. The Balaban J connectivity index is 1.59. The Morgan fingerprint density at radius 3 is 2.48 bits per heavy atom. The van der Waals surface area contributed by atoms with Crippen molar-refractivity contribution in [2.24, 2.45) is 5.92 Å². The number of benzene rings is 2. The lowest BCUT2D eigenvalue weighted by atomic mass is 10.1. The van der Waals surface area contributed by atoms with Crippen LogP contribution >= 0.6 is 0 Å². The maximum atomic E-state index is 12.6. The topological polar surface area (TPSA) is 77.1 Å². The predicted molar refractivity (Wildman–Crippen MR) is 108 cm³/mol. The van der Waals surface area contributed by atoms with E-state index >= 15 is 0 Å². The molecule has 29 heavy (non-hydrogen) atoms. The van der Waals surface area contributed by atoms with E-state index in [9.17, 15) is 9.59 Å². The maximum absolute atomic E-state index is 12.6. The lowest BCUT2D eigenvalue weighted by Gasteiger charge is -2.18. The zero-order chi connectivity index (χ0) is 20.8. The summed E-state index contributed by atoms with van der Waals surface area (Å²) in [5.74, 6) is 1.46. The fourth-order valence-electron chi connectivity index (χ4n) is 3.48. The van der Waals surface area contributed by atoms with Gasteiger partial charge in [-0.2, -0.15) is 0 Å². The molecule has 3 rings (SSSR count). The third kappa shape index (κ3) is 4.80. The minimum Gasteiger partial charge on any atom is -0.496 e. The first kappa shape index (κ1) is 20.5. The summed E-state index contributed by atoms with van der Waals surface area (Å²) in [5.41, 5.74) is 1.82. The molecule has 1 aliphatic heterocycles. The monoisotopic (exact) mass is 398 g/mol. The van der Waals surface area contributed by atoms with Gasteiger partial charge in [-0.25, -0.2) is 0 Å². The standard InChI is InChI=1S/C22H26N2O5/c1-27-18-7-5-4-6-16(18)12-23-22(26)17-11-21(25)24(14-17)13-15-8-9-19(28-2)20(10-15)29-3/h4-10,17H,11-14H2,1-3H3,(H,23,26). The number of rotatable bonds is 8. The molecule has 2 aromatic rings. The average Bonchev–Trinajstić information content (AvgIpc) is 3.12. The summed E-state index contributed by atoms with van der Waals surface area (Å²) in [6, 6.07) is 13.1. The number of methoxy groups -OCH3 is 3. The zero-order valence-corrected chi connectivity index (χ0v) is 16.9. The van der Waals surface area contributed by atoms with Crippen LogP contribution in [0.1, 0.15) is 17.5 Å². The van der Waals surface area contributed by atoms with E-state index in [1.807, 2.05) is 42.5 Å². The van der Waals surface area contributed by atoms with Gasteiger partial charge in [0.05, 0.1) is 27.2 Å². The first-order valence-electron chi connectivity index (χ1n) is 9.44. The first-order valence-corrected chi connectivity index (χ1v) is 9.44. The molecule has 2 aromatic carbocycles. The van der Waals surface area contributed by atoms with Gasteiger partial charge in [0.15, 0.2) is 11.5 Å². The smallest absolute Gasteiger partial charge is 0.225 e. The molecule has 7 heteroatoms. The number of likely N-dealkylation sites (tertiary alicyclic amines) is 1. The van der Waals surface area contributed by atoms with Gasteiger partial charge in [-0.3, -0.25) is 9.59 Å². The van der Waals surface area contributed by atoms with Gasteiger partial charge in [0.1, 0.15) is 5.75 Å². The Hall–Kier alpha value is -3.22. The number of nitrogens with one attached hydrogen (secondary N) is 1. The van der Waals surface area contributed by atoms with Crippen LogP contribution in [0.4, 0.5) is 0 Å². The lowest BCUT2D eigenvalue weighted by Crippen LogP contribution is -2.32. The summed E-state index contributed by atoms with van der Waals surface area (Å²) in [6.07, 6.45) is 0.213. The van der Waals surface area contributed by atoms with Crippen molar-refractivity contribution in [1.82, 2.24) is 10.2 Å². The number of hydrogen-bond donors (Lipinski definition) is 1. The van der Waals surface area contributed by atoms with Gasteiger partial charge in [0, 0.05) is 31.6 Å². The normalized spacial score (nSPS) is 15.9. The molecule has 1 N–H and O–H groups in total. The van der Waals surface area contributed by atoms with E-state index in [-0.39, 0.29) is 24.2 Å². The quantitative estimate of drug-likeness (QED) is 0.739. The molecule has 1 aliphatic rings. The van der Waals surface area contributed by atoms with Crippen molar-refractivity contribution in [2.75, 3.05) is 27.9 Å². The molecular weight excluding hydrogens is 372 g/mol. The van der Waals surface area contributed by atoms with E-state index in [1.165, 1.54) is 0 Å². The second kappa shape index (κ2) is 9.32. The van der Waals surface area contributed by atoms with Gasteiger partial charge in [-0.15, -0.1) is 0 Å². The largest absolute Gasteiger partial charge is 0.496 e. The van der Waals surface area contributed by atoms with Crippen LogP contribution in [0.15, 0.2) is 42.5 Å². The molecule has 0 aliphatic carbocycles. The minimum atomic E-state index is -0.364. The van der Waals surface area contributed by atoms with Crippen LogP contribution in [0.3, 0.4) is 0 Å². The van der Waals surface area contributed by atoms with Crippen molar-refractivity contribution in [2.45, 2.75) is 19.5 Å². The van der Waals surface area contributed by atoms with E-state index in [0.717, 1.165) is 16.9 Å². The molecule has 0 radical (unpaired) electrons. The van der Waals surface area contributed by atoms with Crippen molar-refractivity contribution in [3.8, 4) is 17.2 Å². The van der Waals surface area contributed by atoms with Crippen molar-refractivity contribution < 1.29 is 23.8 Å². The molecule has 0 aromatic heterocycles. The average molecular weight is 398 g/mol. The number of para-hydroxylation sites is 1. The molecule has 1 fully saturated rings. The van der Waals surface area contributed by atoms with Gasteiger partial charge >= 0.3 is 0 Å². The van der Waals surface area contributed by atoms with Crippen LogP contribution in [0, 0.1) is 5.92 Å². The summed E-state index contributed by atoms with van der Waals surface area (Å²) >= 11 is 0. The Morgan fingerprint density at radius 2 is 1.76 bits per heavy atom. The molecule has 0 saturated carbocycles. The molecule has 1 atom stereocenters. The van der Waals surface area contributed by atoms with E-state index < -0.39 is 0 Å². The number of carbonyl (C=O) groups is 2. The van der Waals surface area contributed by atoms with Crippen LogP contribution < -0.4 is 19.5 Å². The second-order valence-corrected chi connectivity index (χ2v) is 6.89. The number of nitrogens with zero attached hydrogens (tertiary/aromatic N) is 1. The van der Waals surface area contributed by atoms with Gasteiger partial charge in [-0.1, -0.05) is 24.3 Å². The number of amides is 2. The highest BCUT2D eigenvalue weighted by Crippen LogP contribution is 2.29. The van der Waals surface area contributed by atoms with Gasteiger partial charge < -0.3 is 24.4 Å². The maximum Gasteiger partial charge on any atom is 0.225 e. The summed E-state index contributed by atoms with van der Waals surface area (Å²) in [5, 5.41) is 2.92. The molecule has 0 spiro atoms. The molecule has 1 saturated heterocycles. The fraction of sp³-hybridized carbons (Fsp3) is 0.364. The van der Waals surface area contributed by atoms with Gasteiger partial charge in [0.2, 0.25) is 11.8 Å². The van der Waals surface area contributed by atoms with Gasteiger partial charge in [0.25, 0.3) is 0 Å². The molecule has 7 nitrogen and oxygen atoms in total. The Bertz CT molecular complexity index is 883. The van der Waals surface area contributed by atoms with Crippen LogP contribution in [0.2, 0.25) is 0 Å². The molecule has 1 unspecified atom stereocenters. The molecular formula is C22H26N2O5. The van der Waals surface area contributed by atoms with E-state index in [4.69, 9.17) is 14.2 Å². The number of carbonyl (C=O) groups excluding carboxylic acids is 2. The van der Waals surface area contributed by atoms with E-state index in [1.54, 1.807) is 26.2 Å². The van der Waals surface area contributed by atoms with E-state index in [0.29, 0.717) is 31.1 Å². The highest BCUT2D eigenvalue weighted by Gasteiger charge is 2.34. The number of ether oxygens (including phenoxy) is 3. The number of hydrogen-bond acceptors (Lipinski definition) is 5. The zero-order valence-electron chi connectivity index (χ0n) is 16.9. The lowest BCUT2D eigenvalue weighted by molar-refractivity contribution is -0.129. The Morgan fingerprint density at radius 1 is 1.03 bits per heavy atom. The SMILES string of the molecule is COc1ccccc1CNC(=O)C1CC(=O)N(Cc2ccc(OC)c(OC)c2)C1. The Kier molecular flexibility index (Phi) is 6.59. The fourth-order valence-corrected chi connectivity index (χ4v) is 3.48.